The van der Waals surface area contributed by atoms with Crippen LogP contribution in [0, 0.1) is 5.41 Å². The van der Waals surface area contributed by atoms with Crippen molar-refractivity contribution in [3.63, 3.8) is 0 Å². The first-order valence-corrected chi connectivity index (χ1v) is 6.73. The molecule has 0 aromatic heterocycles. The first kappa shape index (κ1) is 16.6. The van der Waals surface area contributed by atoms with Crippen molar-refractivity contribution in [3.8, 4) is 0 Å². The fourth-order valence-corrected chi connectivity index (χ4v) is 2.14. The molecule has 20 heavy (non-hydrogen) atoms. The first-order valence-electron chi connectivity index (χ1n) is 6.73. The normalized spacial score (nSPS) is 18.5. The number of carboxylic acid groups (broad SMARTS) is 1. The highest BCUT2D eigenvalue weighted by molar-refractivity contribution is 5.67. The number of ether oxygens (including phenoxy) is 1. The van der Waals surface area contributed by atoms with Crippen LogP contribution in [0.5, 0.6) is 0 Å². The van der Waals surface area contributed by atoms with Crippen LogP contribution < -0.4 is 5.32 Å². The van der Waals surface area contributed by atoms with Crippen molar-refractivity contribution >= 4 is 12.2 Å². The average Bonchev–Trinajstić information content (AvgIpc) is 2.35. The summed E-state index contributed by atoms with van der Waals surface area (Å²) in [6.07, 6.45) is -0.431. The largest absolute Gasteiger partial charge is 0.465 e. The summed E-state index contributed by atoms with van der Waals surface area (Å²) >= 11 is 0. The van der Waals surface area contributed by atoms with Gasteiger partial charge < -0.3 is 25.2 Å². The lowest BCUT2D eigenvalue weighted by molar-refractivity contribution is 0.0296. The van der Waals surface area contributed by atoms with Crippen molar-refractivity contribution in [1.82, 2.24) is 10.2 Å². The summed E-state index contributed by atoms with van der Waals surface area (Å²) in [6.45, 7) is 6.26. The van der Waals surface area contributed by atoms with Crippen molar-refractivity contribution in [2.45, 2.75) is 39.2 Å². The van der Waals surface area contributed by atoms with Gasteiger partial charge in [-0.3, -0.25) is 0 Å². The Kier molecular flexibility index (Phi) is 5.21. The highest BCUT2D eigenvalue weighted by atomic mass is 16.6. The molecule has 0 radical (unpaired) electrons. The van der Waals surface area contributed by atoms with Gasteiger partial charge in [0, 0.05) is 25.0 Å². The van der Waals surface area contributed by atoms with Crippen LogP contribution in [0.2, 0.25) is 0 Å². The second kappa shape index (κ2) is 6.30. The zero-order chi connectivity index (χ0) is 15.4. The maximum atomic E-state index is 11.6. The second-order valence-corrected chi connectivity index (χ2v) is 6.28. The number of alkyl carbamates (subject to hydrolysis) is 1. The summed E-state index contributed by atoms with van der Waals surface area (Å²) in [5.41, 5.74) is -1.04. The van der Waals surface area contributed by atoms with Gasteiger partial charge in [0.25, 0.3) is 0 Å². The number of aliphatic hydroxyl groups excluding tert-OH is 1. The molecule has 0 aliphatic carbocycles. The zero-order valence-electron chi connectivity index (χ0n) is 12.3. The number of aliphatic hydroxyl groups is 1. The quantitative estimate of drug-likeness (QED) is 0.726. The van der Waals surface area contributed by atoms with Crippen LogP contribution in [-0.4, -0.2) is 59.1 Å². The SMILES string of the molecule is CC(C)(C)OC(=O)NCC1(CO)CCN(C(=O)O)CC1. The summed E-state index contributed by atoms with van der Waals surface area (Å²) < 4.78 is 5.14. The van der Waals surface area contributed by atoms with Crippen LogP contribution >= 0.6 is 0 Å². The minimum atomic E-state index is -0.948. The molecule has 1 saturated heterocycles. The Morgan fingerprint density at radius 3 is 2.25 bits per heavy atom. The topological polar surface area (TPSA) is 99.1 Å². The molecule has 7 nitrogen and oxygen atoms in total. The molecule has 2 amide bonds. The van der Waals surface area contributed by atoms with E-state index in [9.17, 15) is 14.7 Å². The van der Waals surface area contributed by atoms with E-state index in [2.05, 4.69) is 5.32 Å². The maximum absolute atomic E-state index is 11.6. The van der Waals surface area contributed by atoms with Gasteiger partial charge >= 0.3 is 12.2 Å². The Hall–Kier alpha value is -1.50. The minimum Gasteiger partial charge on any atom is -0.465 e. The highest BCUT2D eigenvalue weighted by Crippen LogP contribution is 2.30. The Labute approximate surface area is 118 Å². The fourth-order valence-electron chi connectivity index (χ4n) is 2.14. The van der Waals surface area contributed by atoms with E-state index in [1.165, 1.54) is 4.90 Å². The molecular formula is C13H24N2O5. The molecule has 1 aliphatic heterocycles. The Balaban J connectivity index is 2.48. The van der Waals surface area contributed by atoms with Crippen molar-refractivity contribution in [2.75, 3.05) is 26.2 Å². The molecule has 3 N–H and O–H groups in total. The van der Waals surface area contributed by atoms with Gasteiger partial charge in [-0.05, 0) is 33.6 Å². The van der Waals surface area contributed by atoms with Gasteiger partial charge in [-0.1, -0.05) is 0 Å². The molecule has 1 aliphatic rings. The average molecular weight is 288 g/mol. The van der Waals surface area contributed by atoms with Gasteiger partial charge in [0.05, 0.1) is 6.61 Å². The van der Waals surface area contributed by atoms with Crippen LogP contribution in [0.4, 0.5) is 9.59 Å². The number of rotatable bonds is 3. The number of carbonyl (C=O) groups is 2. The highest BCUT2D eigenvalue weighted by Gasteiger charge is 2.36. The molecule has 0 bridgehead atoms. The predicted octanol–water partition coefficient (Wildman–Crippen LogP) is 1.26. The molecule has 0 aromatic carbocycles. The van der Waals surface area contributed by atoms with E-state index in [0.717, 1.165) is 0 Å². The number of piperidine rings is 1. The zero-order valence-corrected chi connectivity index (χ0v) is 12.3. The van der Waals surface area contributed by atoms with Crippen LogP contribution in [0.3, 0.4) is 0 Å². The molecule has 1 fully saturated rings. The Bertz CT molecular complexity index is 356. The summed E-state index contributed by atoms with van der Waals surface area (Å²) in [5, 5.41) is 21.1. The third kappa shape index (κ3) is 4.88. The third-order valence-corrected chi connectivity index (χ3v) is 3.44. The van der Waals surface area contributed by atoms with Gasteiger partial charge in [-0.2, -0.15) is 0 Å². The van der Waals surface area contributed by atoms with Crippen LogP contribution in [0.25, 0.3) is 0 Å². The van der Waals surface area contributed by atoms with Gasteiger partial charge in [0.15, 0.2) is 0 Å². The van der Waals surface area contributed by atoms with E-state index in [1.807, 2.05) is 0 Å². The van der Waals surface area contributed by atoms with Crippen molar-refractivity contribution in [3.05, 3.63) is 0 Å². The summed E-state index contributed by atoms with van der Waals surface area (Å²) in [5.74, 6) is 0. The smallest absolute Gasteiger partial charge is 0.407 e. The molecule has 0 unspecified atom stereocenters. The molecule has 1 heterocycles. The molecule has 7 heteroatoms. The van der Waals surface area contributed by atoms with Crippen LogP contribution in [-0.2, 0) is 4.74 Å². The van der Waals surface area contributed by atoms with E-state index in [0.29, 0.717) is 25.9 Å². The van der Waals surface area contributed by atoms with Gasteiger partial charge in [0.1, 0.15) is 5.60 Å². The number of likely N-dealkylation sites (tertiary alicyclic amines) is 1. The molecule has 1 rings (SSSR count). The van der Waals surface area contributed by atoms with Crippen molar-refractivity contribution < 1.29 is 24.5 Å². The molecule has 0 atom stereocenters. The number of amides is 2. The number of nitrogens with zero attached hydrogens (tertiary/aromatic N) is 1. The lowest BCUT2D eigenvalue weighted by Gasteiger charge is -2.39. The Morgan fingerprint density at radius 1 is 1.30 bits per heavy atom. The minimum absolute atomic E-state index is 0.0870. The molecule has 0 spiro atoms. The van der Waals surface area contributed by atoms with E-state index in [-0.39, 0.29) is 13.2 Å². The van der Waals surface area contributed by atoms with E-state index in [4.69, 9.17) is 9.84 Å². The lowest BCUT2D eigenvalue weighted by atomic mass is 9.79. The number of nitrogens with one attached hydrogen (secondary N) is 1. The van der Waals surface area contributed by atoms with E-state index in [1.54, 1.807) is 20.8 Å². The third-order valence-electron chi connectivity index (χ3n) is 3.44. The summed E-state index contributed by atoms with van der Waals surface area (Å²) in [7, 11) is 0. The standard InChI is InChI=1S/C13H24N2O5/c1-12(2,3)20-10(17)14-8-13(9-16)4-6-15(7-5-13)11(18)19/h16H,4-9H2,1-3H3,(H,14,17)(H,18,19). The van der Waals surface area contributed by atoms with Gasteiger partial charge in [-0.15, -0.1) is 0 Å². The number of carbonyl (C=O) groups excluding carboxylic acids is 1. The molecule has 0 aromatic rings. The van der Waals surface area contributed by atoms with Gasteiger partial charge in [-0.25, -0.2) is 9.59 Å². The molecule has 0 saturated carbocycles. The van der Waals surface area contributed by atoms with Crippen LogP contribution in [0.15, 0.2) is 0 Å². The molecular weight excluding hydrogens is 264 g/mol. The first-order chi connectivity index (χ1) is 9.17. The monoisotopic (exact) mass is 288 g/mol. The fraction of sp³-hybridized carbons (Fsp3) is 0.846. The summed E-state index contributed by atoms with van der Waals surface area (Å²) in [6, 6.07) is 0. The summed E-state index contributed by atoms with van der Waals surface area (Å²) in [4.78, 5) is 23.8. The van der Waals surface area contributed by atoms with Crippen LogP contribution in [0.1, 0.15) is 33.6 Å². The van der Waals surface area contributed by atoms with Crippen molar-refractivity contribution in [1.29, 1.82) is 0 Å². The molecule has 116 valence electrons. The van der Waals surface area contributed by atoms with E-state index < -0.39 is 23.2 Å². The number of hydrogen-bond donors (Lipinski definition) is 3. The van der Waals surface area contributed by atoms with E-state index >= 15 is 0 Å². The Morgan fingerprint density at radius 2 is 1.85 bits per heavy atom. The van der Waals surface area contributed by atoms with Gasteiger partial charge in [0.2, 0.25) is 0 Å². The second-order valence-electron chi connectivity index (χ2n) is 6.28. The lowest BCUT2D eigenvalue weighted by Crippen LogP contribution is -2.49. The number of hydrogen-bond acceptors (Lipinski definition) is 4. The van der Waals surface area contributed by atoms with Crippen molar-refractivity contribution in [2.24, 2.45) is 5.41 Å². The maximum Gasteiger partial charge on any atom is 0.407 e. The predicted molar refractivity (Wildman–Crippen MR) is 72.6 cm³/mol.